The molecule has 17 heavy (non-hydrogen) atoms. The molecule has 0 amide bonds. The molecule has 0 saturated carbocycles. The van der Waals surface area contributed by atoms with Crippen molar-refractivity contribution in [2.75, 3.05) is 25.2 Å². The van der Waals surface area contributed by atoms with Crippen molar-refractivity contribution in [2.45, 2.75) is 44.9 Å². The van der Waals surface area contributed by atoms with Gasteiger partial charge in [-0.05, 0) is 32.4 Å². The van der Waals surface area contributed by atoms with Crippen LogP contribution >= 0.6 is 11.8 Å². The Morgan fingerprint density at radius 2 is 2.29 bits per heavy atom. The van der Waals surface area contributed by atoms with Gasteiger partial charge >= 0.3 is 5.97 Å². The second-order valence-corrected chi connectivity index (χ2v) is 5.66. The van der Waals surface area contributed by atoms with E-state index < -0.39 is 0 Å². The molecule has 5 heteroatoms. The standard InChI is InChI=1S/C12H23NO3S/c1-9(2)16-6-4-11(12(14)15-3)13-10-5-7-17-8-10/h9-11,13H,4-8H2,1-3H3/t10-,11+/m0/s1. The number of ether oxygens (including phenoxy) is 2. The Kier molecular flexibility index (Phi) is 6.92. The molecule has 1 aliphatic heterocycles. The molecule has 0 unspecified atom stereocenters. The van der Waals surface area contributed by atoms with E-state index in [1.54, 1.807) is 0 Å². The molecule has 0 aromatic rings. The third kappa shape index (κ3) is 5.75. The summed E-state index contributed by atoms with van der Waals surface area (Å²) in [5, 5.41) is 3.36. The van der Waals surface area contributed by atoms with Gasteiger partial charge in [0.25, 0.3) is 0 Å². The Labute approximate surface area is 108 Å². The molecule has 1 saturated heterocycles. The first-order chi connectivity index (χ1) is 8.13. The second-order valence-electron chi connectivity index (χ2n) is 4.51. The summed E-state index contributed by atoms with van der Waals surface area (Å²) < 4.78 is 10.3. The van der Waals surface area contributed by atoms with Gasteiger partial charge in [-0.1, -0.05) is 0 Å². The van der Waals surface area contributed by atoms with E-state index in [0.29, 0.717) is 19.1 Å². The maximum Gasteiger partial charge on any atom is 0.322 e. The second kappa shape index (κ2) is 7.95. The van der Waals surface area contributed by atoms with Gasteiger partial charge in [0.1, 0.15) is 6.04 Å². The minimum Gasteiger partial charge on any atom is -0.468 e. The molecule has 0 radical (unpaired) electrons. The lowest BCUT2D eigenvalue weighted by Crippen LogP contribution is -2.44. The summed E-state index contributed by atoms with van der Waals surface area (Å²) in [5.74, 6) is 2.07. The van der Waals surface area contributed by atoms with Gasteiger partial charge in [-0.15, -0.1) is 0 Å². The molecule has 1 rings (SSSR count). The molecule has 0 aromatic carbocycles. The summed E-state index contributed by atoms with van der Waals surface area (Å²) in [6, 6.07) is 0.200. The third-order valence-corrected chi connectivity index (χ3v) is 3.87. The van der Waals surface area contributed by atoms with E-state index in [0.717, 1.165) is 12.2 Å². The number of thioether (sulfide) groups is 1. The molecule has 0 bridgehead atoms. The number of nitrogens with one attached hydrogen (secondary N) is 1. The van der Waals surface area contributed by atoms with Crippen LogP contribution in [0.4, 0.5) is 0 Å². The largest absolute Gasteiger partial charge is 0.468 e. The number of rotatable bonds is 7. The van der Waals surface area contributed by atoms with Crippen LogP contribution in [0.2, 0.25) is 0 Å². The first-order valence-corrected chi connectivity index (χ1v) is 7.32. The first kappa shape index (κ1) is 14.8. The number of methoxy groups -OCH3 is 1. The number of carbonyl (C=O) groups is 1. The highest BCUT2D eigenvalue weighted by Crippen LogP contribution is 2.18. The quantitative estimate of drug-likeness (QED) is 0.703. The van der Waals surface area contributed by atoms with Crippen LogP contribution in [0.3, 0.4) is 0 Å². The molecular weight excluding hydrogens is 238 g/mol. The number of hydrogen-bond acceptors (Lipinski definition) is 5. The average Bonchev–Trinajstić information content (AvgIpc) is 2.79. The van der Waals surface area contributed by atoms with E-state index >= 15 is 0 Å². The lowest BCUT2D eigenvalue weighted by molar-refractivity contribution is -0.144. The van der Waals surface area contributed by atoms with Crippen molar-refractivity contribution in [3.63, 3.8) is 0 Å². The fourth-order valence-electron chi connectivity index (χ4n) is 1.78. The van der Waals surface area contributed by atoms with Crippen LogP contribution in [0.25, 0.3) is 0 Å². The summed E-state index contributed by atoms with van der Waals surface area (Å²) in [7, 11) is 1.43. The minimum atomic E-state index is -0.234. The molecule has 4 nitrogen and oxygen atoms in total. The molecule has 1 fully saturated rings. The molecule has 1 heterocycles. The van der Waals surface area contributed by atoms with Crippen LogP contribution in [0.1, 0.15) is 26.7 Å². The molecular formula is C12H23NO3S. The maximum absolute atomic E-state index is 11.6. The zero-order chi connectivity index (χ0) is 12.7. The van der Waals surface area contributed by atoms with E-state index in [4.69, 9.17) is 9.47 Å². The summed E-state index contributed by atoms with van der Waals surface area (Å²) in [6.07, 6.45) is 2.00. The summed E-state index contributed by atoms with van der Waals surface area (Å²) in [5.41, 5.74) is 0. The van der Waals surface area contributed by atoms with E-state index in [-0.39, 0.29) is 18.1 Å². The monoisotopic (exact) mass is 261 g/mol. The van der Waals surface area contributed by atoms with E-state index in [1.807, 2.05) is 25.6 Å². The number of carbonyl (C=O) groups excluding carboxylic acids is 1. The van der Waals surface area contributed by atoms with Crippen molar-refractivity contribution in [3.05, 3.63) is 0 Å². The lowest BCUT2D eigenvalue weighted by Gasteiger charge is -2.20. The zero-order valence-corrected chi connectivity index (χ0v) is 11.7. The van der Waals surface area contributed by atoms with Gasteiger partial charge in [-0.3, -0.25) is 4.79 Å². The third-order valence-electron chi connectivity index (χ3n) is 2.71. The Morgan fingerprint density at radius 3 is 2.82 bits per heavy atom. The lowest BCUT2D eigenvalue weighted by atomic mass is 10.1. The van der Waals surface area contributed by atoms with Gasteiger partial charge in [0, 0.05) is 18.4 Å². The van der Waals surface area contributed by atoms with Gasteiger partial charge in [-0.2, -0.15) is 11.8 Å². The van der Waals surface area contributed by atoms with Crippen molar-refractivity contribution >= 4 is 17.7 Å². The molecule has 2 atom stereocenters. The van der Waals surface area contributed by atoms with Crippen molar-refractivity contribution in [1.29, 1.82) is 0 Å². The van der Waals surface area contributed by atoms with Gasteiger partial charge in [0.2, 0.25) is 0 Å². The topological polar surface area (TPSA) is 47.6 Å². The van der Waals surface area contributed by atoms with Crippen LogP contribution in [0, 0.1) is 0 Å². The van der Waals surface area contributed by atoms with Crippen LogP contribution < -0.4 is 5.32 Å². The van der Waals surface area contributed by atoms with E-state index in [1.165, 1.54) is 12.9 Å². The van der Waals surface area contributed by atoms with Crippen molar-refractivity contribution in [3.8, 4) is 0 Å². The summed E-state index contributed by atoms with van der Waals surface area (Å²) in [6.45, 7) is 4.58. The van der Waals surface area contributed by atoms with Gasteiger partial charge < -0.3 is 14.8 Å². The van der Waals surface area contributed by atoms with Crippen molar-refractivity contribution in [2.24, 2.45) is 0 Å². The molecule has 0 aliphatic carbocycles. The first-order valence-electron chi connectivity index (χ1n) is 6.16. The average molecular weight is 261 g/mol. The zero-order valence-electron chi connectivity index (χ0n) is 10.9. The summed E-state index contributed by atoms with van der Waals surface area (Å²) in [4.78, 5) is 11.6. The highest BCUT2D eigenvalue weighted by molar-refractivity contribution is 7.99. The molecule has 1 aliphatic rings. The van der Waals surface area contributed by atoms with Crippen molar-refractivity contribution < 1.29 is 14.3 Å². The van der Waals surface area contributed by atoms with Crippen molar-refractivity contribution in [1.82, 2.24) is 5.32 Å². The Bertz CT molecular complexity index is 230. The minimum absolute atomic E-state index is 0.186. The maximum atomic E-state index is 11.6. The van der Waals surface area contributed by atoms with Gasteiger partial charge in [0.15, 0.2) is 0 Å². The van der Waals surface area contributed by atoms with E-state index in [2.05, 4.69) is 5.32 Å². The molecule has 0 spiro atoms. The van der Waals surface area contributed by atoms with E-state index in [9.17, 15) is 4.79 Å². The number of hydrogen-bond donors (Lipinski definition) is 1. The molecule has 100 valence electrons. The Hall–Kier alpha value is -0.260. The highest BCUT2D eigenvalue weighted by Gasteiger charge is 2.24. The summed E-state index contributed by atoms with van der Waals surface area (Å²) >= 11 is 1.93. The number of esters is 1. The van der Waals surface area contributed by atoms with Gasteiger partial charge in [0.05, 0.1) is 13.2 Å². The normalized spacial score (nSPS) is 21.8. The highest BCUT2D eigenvalue weighted by atomic mass is 32.2. The van der Waals surface area contributed by atoms with Gasteiger partial charge in [-0.25, -0.2) is 0 Å². The fraction of sp³-hybridized carbons (Fsp3) is 0.917. The van der Waals surface area contributed by atoms with Crippen LogP contribution in [-0.2, 0) is 14.3 Å². The van der Waals surface area contributed by atoms with Crippen LogP contribution in [0.15, 0.2) is 0 Å². The van der Waals surface area contributed by atoms with Crippen LogP contribution in [-0.4, -0.2) is 49.4 Å². The fourth-order valence-corrected chi connectivity index (χ4v) is 2.95. The predicted molar refractivity (Wildman–Crippen MR) is 70.4 cm³/mol. The Balaban J connectivity index is 2.34. The predicted octanol–water partition coefficient (Wildman–Crippen LogP) is 1.44. The molecule has 1 N–H and O–H groups in total. The van der Waals surface area contributed by atoms with Crippen LogP contribution in [0.5, 0.6) is 0 Å². The smallest absolute Gasteiger partial charge is 0.322 e. The Morgan fingerprint density at radius 1 is 1.53 bits per heavy atom. The SMILES string of the molecule is COC(=O)[C@@H](CCOC(C)C)N[C@H]1CCSC1. The molecule has 0 aromatic heterocycles.